The van der Waals surface area contributed by atoms with Gasteiger partial charge in [-0.2, -0.15) is 18.3 Å². The van der Waals surface area contributed by atoms with Crippen molar-refractivity contribution in [3.05, 3.63) is 53.3 Å². The molecule has 1 aromatic carbocycles. The van der Waals surface area contributed by atoms with Crippen molar-refractivity contribution in [3.63, 3.8) is 0 Å². The lowest BCUT2D eigenvalue weighted by atomic mass is 10.00. The topological polar surface area (TPSA) is 29.9 Å². The van der Waals surface area contributed by atoms with Gasteiger partial charge in [0.1, 0.15) is 0 Å². The summed E-state index contributed by atoms with van der Waals surface area (Å²) in [4.78, 5) is 0. The molecule has 3 nitrogen and oxygen atoms in total. The van der Waals surface area contributed by atoms with Crippen LogP contribution in [0, 0.1) is 0 Å². The van der Waals surface area contributed by atoms with E-state index in [1.165, 1.54) is 12.1 Å². The smallest absolute Gasteiger partial charge is 0.306 e. The minimum absolute atomic E-state index is 0.155. The second-order valence-electron chi connectivity index (χ2n) is 4.74. The summed E-state index contributed by atoms with van der Waals surface area (Å²) in [5, 5.41) is 7.49. The van der Waals surface area contributed by atoms with E-state index < -0.39 is 11.7 Å². The summed E-state index contributed by atoms with van der Waals surface area (Å²) < 4.78 is 39.6. The quantitative estimate of drug-likeness (QED) is 0.913. The molecule has 1 heterocycles. The minimum Gasteiger partial charge on any atom is -0.306 e. The Morgan fingerprint density at radius 3 is 2.29 bits per heavy atom. The highest BCUT2D eigenvalue weighted by atomic mass is 19.4. The Kier molecular flexibility index (Phi) is 4.67. The van der Waals surface area contributed by atoms with Crippen molar-refractivity contribution in [1.29, 1.82) is 0 Å². The lowest BCUT2D eigenvalue weighted by molar-refractivity contribution is -0.137. The van der Waals surface area contributed by atoms with E-state index in [-0.39, 0.29) is 6.04 Å². The van der Waals surface area contributed by atoms with Crippen LogP contribution in [0.15, 0.2) is 36.7 Å². The number of hydrogen-bond donors (Lipinski definition) is 1. The first kappa shape index (κ1) is 15.6. The number of nitrogens with zero attached hydrogens (tertiary/aromatic N) is 2. The molecule has 2 aromatic rings. The SMILES string of the molecule is CCNC(c1ccc(C(F)(F)F)cc1)c1cnn(CC)c1. The van der Waals surface area contributed by atoms with Crippen molar-refractivity contribution < 1.29 is 13.2 Å². The maximum Gasteiger partial charge on any atom is 0.416 e. The van der Waals surface area contributed by atoms with Gasteiger partial charge in [-0.25, -0.2) is 0 Å². The Labute approximate surface area is 121 Å². The molecule has 0 saturated carbocycles. The molecule has 0 aliphatic carbocycles. The van der Waals surface area contributed by atoms with Gasteiger partial charge in [0.15, 0.2) is 0 Å². The molecule has 2 rings (SSSR count). The van der Waals surface area contributed by atoms with Gasteiger partial charge in [-0.05, 0) is 31.2 Å². The summed E-state index contributed by atoms with van der Waals surface area (Å²) in [6.45, 7) is 5.41. The van der Waals surface area contributed by atoms with Gasteiger partial charge >= 0.3 is 6.18 Å². The number of rotatable bonds is 5. The molecule has 1 unspecified atom stereocenters. The summed E-state index contributed by atoms with van der Waals surface area (Å²) in [5.74, 6) is 0. The van der Waals surface area contributed by atoms with E-state index in [1.54, 1.807) is 10.9 Å². The van der Waals surface area contributed by atoms with Crippen LogP contribution < -0.4 is 5.32 Å². The molecule has 21 heavy (non-hydrogen) atoms. The molecule has 0 radical (unpaired) electrons. The molecule has 0 saturated heterocycles. The van der Waals surface area contributed by atoms with E-state index >= 15 is 0 Å². The first-order valence-corrected chi connectivity index (χ1v) is 6.88. The highest BCUT2D eigenvalue weighted by Crippen LogP contribution is 2.31. The number of halogens is 3. The van der Waals surface area contributed by atoms with Crippen molar-refractivity contribution in [2.45, 2.75) is 32.6 Å². The van der Waals surface area contributed by atoms with Gasteiger partial charge in [0.2, 0.25) is 0 Å². The summed E-state index contributed by atoms with van der Waals surface area (Å²) >= 11 is 0. The van der Waals surface area contributed by atoms with Gasteiger partial charge in [0, 0.05) is 18.3 Å². The predicted octanol–water partition coefficient (Wildman–Crippen LogP) is 3.62. The van der Waals surface area contributed by atoms with Crippen LogP contribution in [0.25, 0.3) is 0 Å². The molecule has 0 fully saturated rings. The van der Waals surface area contributed by atoms with Crippen LogP contribution in [0.5, 0.6) is 0 Å². The van der Waals surface area contributed by atoms with Crippen LogP contribution in [0.3, 0.4) is 0 Å². The predicted molar refractivity (Wildman–Crippen MR) is 74.9 cm³/mol. The van der Waals surface area contributed by atoms with E-state index in [0.29, 0.717) is 6.54 Å². The van der Waals surface area contributed by atoms with Crippen LogP contribution in [-0.4, -0.2) is 16.3 Å². The van der Waals surface area contributed by atoms with Gasteiger partial charge in [0.05, 0.1) is 17.8 Å². The number of nitrogens with one attached hydrogen (secondary N) is 1. The molecule has 1 aromatic heterocycles. The fraction of sp³-hybridized carbons (Fsp3) is 0.400. The normalized spacial score (nSPS) is 13.4. The number of aromatic nitrogens is 2. The monoisotopic (exact) mass is 297 g/mol. The van der Waals surface area contributed by atoms with Crippen molar-refractivity contribution in [2.24, 2.45) is 0 Å². The average molecular weight is 297 g/mol. The maximum atomic E-state index is 12.6. The molecule has 0 spiro atoms. The third-order valence-electron chi connectivity index (χ3n) is 3.29. The standard InChI is InChI=1S/C15H18F3N3/c1-3-19-14(12-9-20-21(4-2)10-12)11-5-7-13(8-6-11)15(16,17)18/h5-10,14,19H,3-4H2,1-2H3. The Bertz CT molecular complexity index is 573. The second-order valence-corrected chi connectivity index (χ2v) is 4.74. The van der Waals surface area contributed by atoms with Gasteiger partial charge in [-0.1, -0.05) is 19.1 Å². The molecule has 0 aliphatic heterocycles. The van der Waals surface area contributed by atoms with E-state index in [0.717, 1.165) is 29.8 Å². The molecule has 0 aliphatic rings. The molecule has 1 atom stereocenters. The number of benzene rings is 1. The molecule has 1 N–H and O–H groups in total. The zero-order valence-electron chi connectivity index (χ0n) is 12.0. The van der Waals surface area contributed by atoms with Gasteiger partial charge in [-0.3, -0.25) is 4.68 Å². The van der Waals surface area contributed by atoms with Crippen LogP contribution in [0.1, 0.15) is 36.6 Å². The molecule has 0 bridgehead atoms. The van der Waals surface area contributed by atoms with Gasteiger partial charge in [-0.15, -0.1) is 0 Å². The zero-order valence-corrected chi connectivity index (χ0v) is 12.0. The van der Waals surface area contributed by atoms with Crippen LogP contribution in [0.2, 0.25) is 0 Å². The van der Waals surface area contributed by atoms with Crippen LogP contribution >= 0.6 is 0 Å². The van der Waals surface area contributed by atoms with Gasteiger partial charge in [0.25, 0.3) is 0 Å². The third-order valence-corrected chi connectivity index (χ3v) is 3.29. The lowest BCUT2D eigenvalue weighted by Crippen LogP contribution is -2.21. The van der Waals surface area contributed by atoms with Crippen molar-refractivity contribution in [2.75, 3.05) is 6.54 Å². The fourth-order valence-electron chi connectivity index (χ4n) is 2.20. The van der Waals surface area contributed by atoms with E-state index in [1.807, 2.05) is 20.0 Å². The summed E-state index contributed by atoms with van der Waals surface area (Å²) in [5.41, 5.74) is 1.10. The molecule has 114 valence electrons. The Hall–Kier alpha value is -1.82. The Balaban J connectivity index is 2.29. The Morgan fingerprint density at radius 2 is 1.81 bits per heavy atom. The van der Waals surface area contributed by atoms with E-state index in [4.69, 9.17) is 0 Å². The second kappa shape index (κ2) is 6.30. The average Bonchev–Trinajstić information content (AvgIpc) is 2.92. The minimum atomic E-state index is -4.31. The zero-order chi connectivity index (χ0) is 15.5. The number of aryl methyl sites for hydroxylation is 1. The lowest BCUT2D eigenvalue weighted by Gasteiger charge is -2.17. The van der Waals surface area contributed by atoms with Crippen molar-refractivity contribution in [1.82, 2.24) is 15.1 Å². The van der Waals surface area contributed by atoms with E-state index in [2.05, 4.69) is 10.4 Å². The Morgan fingerprint density at radius 1 is 1.14 bits per heavy atom. The van der Waals surface area contributed by atoms with Crippen molar-refractivity contribution >= 4 is 0 Å². The summed E-state index contributed by atoms with van der Waals surface area (Å²) in [6.07, 6.45) is -0.654. The van der Waals surface area contributed by atoms with Gasteiger partial charge < -0.3 is 5.32 Å². The highest BCUT2D eigenvalue weighted by Gasteiger charge is 2.30. The fourth-order valence-corrected chi connectivity index (χ4v) is 2.20. The van der Waals surface area contributed by atoms with Crippen molar-refractivity contribution in [3.8, 4) is 0 Å². The third kappa shape index (κ3) is 3.64. The molecule has 0 amide bonds. The number of hydrogen-bond acceptors (Lipinski definition) is 2. The first-order valence-electron chi connectivity index (χ1n) is 6.88. The first-order chi connectivity index (χ1) is 9.95. The summed E-state index contributed by atoms with van der Waals surface area (Å²) in [6, 6.07) is 5.10. The number of alkyl halides is 3. The maximum absolute atomic E-state index is 12.6. The molecular formula is C15H18F3N3. The highest BCUT2D eigenvalue weighted by molar-refractivity contribution is 5.32. The van der Waals surface area contributed by atoms with Crippen LogP contribution in [-0.2, 0) is 12.7 Å². The summed E-state index contributed by atoms with van der Waals surface area (Å²) in [7, 11) is 0. The molecule has 6 heteroatoms. The largest absolute Gasteiger partial charge is 0.416 e. The van der Waals surface area contributed by atoms with E-state index in [9.17, 15) is 13.2 Å². The molecular weight excluding hydrogens is 279 g/mol. The van der Waals surface area contributed by atoms with Crippen LogP contribution in [0.4, 0.5) is 13.2 Å².